The van der Waals surface area contributed by atoms with Crippen molar-refractivity contribution in [3.8, 4) is 0 Å². The number of benzene rings is 1. The number of anilines is 1. The van der Waals surface area contributed by atoms with Crippen LogP contribution in [-0.2, 0) is 11.3 Å². The van der Waals surface area contributed by atoms with Gasteiger partial charge in [0.05, 0.1) is 18.3 Å². The lowest BCUT2D eigenvalue weighted by molar-refractivity contribution is 0.134. The number of amides is 2. The van der Waals surface area contributed by atoms with Crippen LogP contribution in [0.25, 0.3) is 0 Å². The first-order valence-electron chi connectivity index (χ1n) is 7.34. The molecular formula is C17H21N3O2. The van der Waals surface area contributed by atoms with Crippen molar-refractivity contribution in [2.45, 2.75) is 26.5 Å². The maximum atomic E-state index is 12.1. The molecule has 0 aliphatic rings. The predicted octanol–water partition coefficient (Wildman–Crippen LogP) is 3.50. The molecule has 1 aromatic carbocycles. The lowest BCUT2D eigenvalue weighted by Gasteiger charge is -2.16. The third kappa shape index (κ3) is 4.56. The van der Waals surface area contributed by atoms with E-state index in [0.29, 0.717) is 13.2 Å². The van der Waals surface area contributed by atoms with E-state index in [1.165, 1.54) is 0 Å². The van der Waals surface area contributed by atoms with E-state index < -0.39 is 0 Å². The summed E-state index contributed by atoms with van der Waals surface area (Å²) in [6, 6.07) is 12.8. The molecule has 0 bridgehead atoms. The second-order valence-electron chi connectivity index (χ2n) is 4.87. The van der Waals surface area contributed by atoms with Gasteiger partial charge in [-0.1, -0.05) is 24.3 Å². The molecule has 0 spiro atoms. The smallest absolute Gasteiger partial charge is 0.319 e. The van der Waals surface area contributed by atoms with E-state index in [0.717, 1.165) is 16.9 Å². The highest BCUT2D eigenvalue weighted by atomic mass is 16.5. The monoisotopic (exact) mass is 299 g/mol. The first kappa shape index (κ1) is 16.0. The van der Waals surface area contributed by atoms with E-state index in [2.05, 4.69) is 15.6 Å². The van der Waals surface area contributed by atoms with Crippen LogP contribution in [0, 0.1) is 0 Å². The number of hydrogen-bond donors (Lipinski definition) is 2. The average Bonchev–Trinajstić information content (AvgIpc) is 2.54. The van der Waals surface area contributed by atoms with Crippen LogP contribution in [0.15, 0.2) is 48.7 Å². The van der Waals surface area contributed by atoms with E-state index in [1.807, 2.05) is 56.3 Å². The van der Waals surface area contributed by atoms with Crippen LogP contribution in [0.3, 0.4) is 0 Å². The minimum atomic E-state index is -0.262. The van der Waals surface area contributed by atoms with Crippen molar-refractivity contribution in [2.24, 2.45) is 0 Å². The highest BCUT2D eigenvalue weighted by Gasteiger charge is 2.11. The summed E-state index contributed by atoms with van der Waals surface area (Å²) in [7, 11) is 0. The molecule has 5 nitrogen and oxygen atoms in total. The van der Waals surface area contributed by atoms with Crippen molar-refractivity contribution >= 4 is 11.7 Å². The molecule has 2 N–H and O–H groups in total. The van der Waals surface area contributed by atoms with E-state index >= 15 is 0 Å². The number of carbonyl (C=O) groups excluding carboxylic acids is 1. The quantitative estimate of drug-likeness (QED) is 0.858. The van der Waals surface area contributed by atoms with Crippen molar-refractivity contribution < 1.29 is 9.53 Å². The number of nitrogens with one attached hydrogen (secondary N) is 2. The first-order valence-corrected chi connectivity index (χ1v) is 7.34. The maximum Gasteiger partial charge on any atom is 0.319 e. The number of urea groups is 1. The second-order valence-corrected chi connectivity index (χ2v) is 4.87. The number of hydrogen-bond acceptors (Lipinski definition) is 3. The number of para-hydroxylation sites is 1. The molecular weight excluding hydrogens is 278 g/mol. The second kappa shape index (κ2) is 8.14. The number of pyridine rings is 1. The first-order chi connectivity index (χ1) is 10.7. The molecule has 22 heavy (non-hydrogen) atoms. The van der Waals surface area contributed by atoms with E-state index in [9.17, 15) is 4.79 Å². The summed E-state index contributed by atoms with van der Waals surface area (Å²) in [5, 5.41) is 5.74. The molecule has 0 aliphatic heterocycles. The van der Waals surface area contributed by atoms with Gasteiger partial charge >= 0.3 is 6.03 Å². The van der Waals surface area contributed by atoms with E-state index in [1.54, 1.807) is 6.20 Å². The zero-order chi connectivity index (χ0) is 15.8. The van der Waals surface area contributed by atoms with Crippen molar-refractivity contribution in [3.63, 3.8) is 0 Å². The third-order valence-corrected chi connectivity index (χ3v) is 3.21. The van der Waals surface area contributed by atoms with Gasteiger partial charge in [0.1, 0.15) is 0 Å². The number of nitrogens with zero attached hydrogens (tertiary/aromatic N) is 1. The zero-order valence-electron chi connectivity index (χ0n) is 12.9. The van der Waals surface area contributed by atoms with Crippen LogP contribution in [-0.4, -0.2) is 17.6 Å². The molecule has 2 rings (SSSR count). The number of ether oxygens (including phenoxy) is 1. The maximum absolute atomic E-state index is 12.1. The summed E-state index contributed by atoms with van der Waals surface area (Å²) in [4.78, 5) is 16.4. The lowest BCUT2D eigenvalue weighted by atomic mass is 10.2. The van der Waals surface area contributed by atoms with E-state index in [4.69, 9.17) is 4.74 Å². The molecule has 0 aliphatic carbocycles. The van der Waals surface area contributed by atoms with Crippen molar-refractivity contribution in [2.75, 3.05) is 11.9 Å². The Hall–Kier alpha value is -2.40. The molecule has 5 heteroatoms. The van der Waals surface area contributed by atoms with Gasteiger partial charge in [-0.2, -0.15) is 0 Å². The third-order valence-electron chi connectivity index (χ3n) is 3.21. The normalized spacial score (nSPS) is 11.7. The summed E-state index contributed by atoms with van der Waals surface area (Å²) in [5.74, 6) is 0. The Balaban J connectivity index is 1.97. The van der Waals surface area contributed by atoms with Crippen LogP contribution in [0.4, 0.5) is 10.5 Å². The van der Waals surface area contributed by atoms with Crippen LogP contribution in [0.5, 0.6) is 0 Å². The lowest BCUT2D eigenvalue weighted by Crippen LogP contribution is -2.31. The molecule has 1 aromatic heterocycles. The largest absolute Gasteiger partial charge is 0.377 e. The Morgan fingerprint density at radius 3 is 2.73 bits per heavy atom. The summed E-state index contributed by atoms with van der Waals surface area (Å²) in [6.45, 7) is 4.95. The molecule has 2 amide bonds. The summed E-state index contributed by atoms with van der Waals surface area (Å²) < 4.78 is 5.41. The van der Waals surface area contributed by atoms with Gasteiger partial charge in [0.25, 0.3) is 0 Å². The van der Waals surface area contributed by atoms with Gasteiger partial charge < -0.3 is 15.4 Å². The van der Waals surface area contributed by atoms with Crippen molar-refractivity contribution in [1.82, 2.24) is 10.3 Å². The fraction of sp³-hybridized carbons (Fsp3) is 0.294. The summed E-state index contributed by atoms with van der Waals surface area (Å²) >= 11 is 0. The number of aromatic nitrogens is 1. The van der Waals surface area contributed by atoms with Gasteiger partial charge in [-0.3, -0.25) is 4.98 Å². The fourth-order valence-corrected chi connectivity index (χ4v) is 2.04. The molecule has 0 fully saturated rings. The Morgan fingerprint density at radius 1 is 1.23 bits per heavy atom. The van der Waals surface area contributed by atoms with Crippen LogP contribution >= 0.6 is 0 Å². The predicted molar refractivity (Wildman–Crippen MR) is 86.6 cm³/mol. The number of rotatable bonds is 6. The zero-order valence-corrected chi connectivity index (χ0v) is 12.9. The molecule has 116 valence electrons. The minimum absolute atomic E-state index is 0.166. The molecule has 0 unspecified atom stereocenters. The van der Waals surface area contributed by atoms with Gasteiger partial charge in [0, 0.05) is 24.1 Å². The molecule has 2 aromatic rings. The standard InChI is InChI=1S/C17H21N3O2/c1-3-22-12-14-8-4-5-10-16(14)20-17(21)19-13(2)15-9-6-7-11-18-15/h4-11,13H,3,12H2,1-2H3,(H2,19,20,21)/t13-/m0/s1. The van der Waals surface area contributed by atoms with Crippen LogP contribution in [0.1, 0.15) is 31.1 Å². The molecule has 0 saturated carbocycles. The SMILES string of the molecule is CCOCc1ccccc1NC(=O)N[C@@H](C)c1ccccn1. The molecule has 0 saturated heterocycles. The van der Waals surface area contributed by atoms with E-state index in [-0.39, 0.29) is 12.1 Å². The van der Waals surface area contributed by atoms with Crippen molar-refractivity contribution in [1.29, 1.82) is 0 Å². The highest BCUT2D eigenvalue weighted by molar-refractivity contribution is 5.90. The Bertz CT molecular complexity index is 602. The van der Waals surface area contributed by atoms with Gasteiger partial charge in [-0.15, -0.1) is 0 Å². The van der Waals surface area contributed by atoms with Gasteiger partial charge in [0.15, 0.2) is 0 Å². The van der Waals surface area contributed by atoms with Crippen LogP contribution in [0.2, 0.25) is 0 Å². The van der Waals surface area contributed by atoms with Gasteiger partial charge in [-0.05, 0) is 32.0 Å². The average molecular weight is 299 g/mol. The minimum Gasteiger partial charge on any atom is -0.377 e. The highest BCUT2D eigenvalue weighted by Crippen LogP contribution is 2.16. The molecule has 1 heterocycles. The van der Waals surface area contributed by atoms with Gasteiger partial charge in [0.2, 0.25) is 0 Å². The summed E-state index contributed by atoms with van der Waals surface area (Å²) in [6.07, 6.45) is 1.71. The number of carbonyl (C=O) groups is 1. The molecule has 0 radical (unpaired) electrons. The molecule has 1 atom stereocenters. The Kier molecular flexibility index (Phi) is 5.91. The van der Waals surface area contributed by atoms with Crippen LogP contribution < -0.4 is 10.6 Å². The van der Waals surface area contributed by atoms with Gasteiger partial charge in [-0.25, -0.2) is 4.79 Å². The Labute approximate surface area is 130 Å². The summed E-state index contributed by atoms with van der Waals surface area (Å²) in [5.41, 5.74) is 2.52. The Morgan fingerprint density at radius 2 is 2.00 bits per heavy atom. The topological polar surface area (TPSA) is 63.2 Å². The van der Waals surface area contributed by atoms with Crippen molar-refractivity contribution in [3.05, 3.63) is 59.9 Å². The fourth-order valence-electron chi connectivity index (χ4n) is 2.04.